The van der Waals surface area contributed by atoms with Crippen LogP contribution in [0.5, 0.6) is 0 Å². The van der Waals surface area contributed by atoms with Gasteiger partial charge in [0.05, 0.1) is 12.2 Å². The highest BCUT2D eigenvalue weighted by Gasteiger charge is 2.16. The van der Waals surface area contributed by atoms with Gasteiger partial charge in [0.25, 0.3) is 5.91 Å². The molecule has 5 heteroatoms. The standard InChI is InChI=1S/C13H19FN2O2/c1-4-18-7-9(3)16-13(17)11-6-10(15)5-8(2)12(11)14/h5-6,9H,4,7,15H2,1-3H3,(H,16,17). The number of ether oxygens (including phenoxy) is 1. The molecule has 1 atom stereocenters. The lowest BCUT2D eigenvalue weighted by atomic mass is 10.1. The van der Waals surface area contributed by atoms with Gasteiger partial charge >= 0.3 is 0 Å². The molecule has 0 saturated carbocycles. The minimum absolute atomic E-state index is 0.0316. The highest BCUT2D eigenvalue weighted by molar-refractivity contribution is 5.95. The van der Waals surface area contributed by atoms with E-state index in [0.717, 1.165) is 0 Å². The summed E-state index contributed by atoms with van der Waals surface area (Å²) in [6, 6.07) is 2.65. The number of amides is 1. The van der Waals surface area contributed by atoms with Gasteiger partial charge < -0.3 is 15.8 Å². The third-order valence-electron chi connectivity index (χ3n) is 2.47. The Balaban J connectivity index is 2.78. The molecule has 0 heterocycles. The van der Waals surface area contributed by atoms with Gasteiger partial charge in [-0.05, 0) is 38.5 Å². The van der Waals surface area contributed by atoms with E-state index in [0.29, 0.717) is 24.5 Å². The SMILES string of the molecule is CCOCC(C)NC(=O)c1cc(N)cc(C)c1F. The molecule has 3 N–H and O–H groups in total. The van der Waals surface area contributed by atoms with Crippen molar-refractivity contribution in [2.24, 2.45) is 0 Å². The lowest BCUT2D eigenvalue weighted by molar-refractivity contribution is 0.0868. The van der Waals surface area contributed by atoms with Crippen molar-refractivity contribution in [2.75, 3.05) is 18.9 Å². The van der Waals surface area contributed by atoms with Crippen LogP contribution in [0.4, 0.5) is 10.1 Å². The van der Waals surface area contributed by atoms with Gasteiger partial charge in [0, 0.05) is 18.3 Å². The normalized spacial score (nSPS) is 12.2. The number of carbonyl (C=O) groups excluding carboxylic acids is 1. The number of nitrogen functional groups attached to an aromatic ring is 1. The van der Waals surface area contributed by atoms with Gasteiger partial charge in [-0.25, -0.2) is 4.39 Å². The molecule has 0 fully saturated rings. The number of nitrogens with one attached hydrogen (secondary N) is 1. The van der Waals surface area contributed by atoms with Gasteiger partial charge in [-0.2, -0.15) is 0 Å². The summed E-state index contributed by atoms with van der Waals surface area (Å²) in [5, 5.41) is 2.67. The molecule has 0 aliphatic rings. The number of rotatable bonds is 5. The molecule has 0 aliphatic heterocycles. The monoisotopic (exact) mass is 254 g/mol. The zero-order valence-electron chi connectivity index (χ0n) is 10.9. The molecule has 0 radical (unpaired) electrons. The van der Waals surface area contributed by atoms with E-state index < -0.39 is 11.7 Å². The molecule has 1 rings (SSSR count). The summed E-state index contributed by atoms with van der Waals surface area (Å²) in [5.41, 5.74) is 6.30. The molecule has 1 aromatic carbocycles. The molecule has 18 heavy (non-hydrogen) atoms. The first-order chi connectivity index (χ1) is 8.45. The number of halogens is 1. The van der Waals surface area contributed by atoms with E-state index in [1.807, 2.05) is 6.92 Å². The fourth-order valence-electron chi connectivity index (χ4n) is 1.60. The zero-order valence-corrected chi connectivity index (χ0v) is 10.9. The van der Waals surface area contributed by atoms with Crippen LogP contribution in [-0.2, 0) is 4.74 Å². The van der Waals surface area contributed by atoms with Crippen LogP contribution in [0, 0.1) is 12.7 Å². The lowest BCUT2D eigenvalue weighted by Crippen LogP contribution is -2.36. The Morgan fingerprint density at radius 2 is 2.22 bits per heavy atom. The number of nitrogens with two attached hydrogens (primary N) is 1. The molecule has 0 aliphatic carbocycles. The topological polar surface area (TPSA) is 64.3 Å². The Bertz CT molecular complexity index is 435. The second-order valence-electron chi connectivity index (χ2n) is 4.23. The average Bonchev–Trinajstić information content (AvgIpc) is 2.30. The Morgan fingerprint density at radius 3 is 2.83 bits per heavy atom. The van der Waals surface area contributed by atoms with Gasteiger partial charge in [0.15, 0.2) is 0 Å². The number of anilines is 1. The Morgan fingerprint density at radius 1 is 1.56 bits per heavy atom. The Hall–Kier alpha value is -1.62. The van der Waals surface area contributed by atoms with Gasteiger partial charge in [-0.3, -0.25) is 4.79 Å². The smallest absolute Gasteiger partial charge is 0.254 e. The number of hydrogen-bond acceptors (Lipinski definition) is 3. The van der Waals surface area contributed by atoms with E-state index in [2.05, 4.69) is 5.32 Å². The number of benzene rings is 1. The molecular formula is C13H19FN2O2. The number of hydrogen-bond donors (Lipinski definition) is 2. The summed E-state index contributed by atoms with van der Waals surface area (Å²) in [7, 11) is 0. The van der Waals surface area contributed by atoms with Crippen molar-refractivity contribution in [2.45, 2.75) is 26.8 Å². The van der Waals surface area contributed by atoms with Crippen LogP contribution in [0.2, 0.25) is 0 Å². The van der Waals surface area contributed by atoms with Crippen LogP contribution in [0.25, 0.3) is 0 Å². The molecule has 4 nitrogen and oxygen atoms in total. The van der Waals surface area contributed by atoms with E-state index >= 15 is 0 Å². The molecular weight excluding hydrogens is 235 g/mol. The van der Waals surface area contributed by atoms with Crippen LogP contribution < -0.4 is 11.1 Å². The highest BCUT2D eigenvalue weighted by Crippen LogP contribution is 2.17. The van der Waals surface area contributed by atoms with Crippen LogP contribution in [0.15, 0.2) is 12.1 Å². The van der Waals surface area contributed by atoms with Crippen molar-refractivity contribution >= 4 is 11.6 Å². The van der Waals surface area contributed by atoms with Gasteiger partial charge in [0.2, 0.25) is 0 Å². The van der Waals surface area contributed by atoms with Crippen molar-refractivity contribution in [3.8, 4) is 0 Å². The van der Waals surface area contributed by atoms with Crippen molar-refractivity contribution in [1.29, 1.82) is 0 Å². The fraction of sp³-hybridized carbons (Fsp3) is 0.462. The maximum Gasteiger partial charge on any atom is 0.254 e. The first-order valence-corrected chi connectivity index (χ1v) is 5.90. The molecule has 0 saturated heterocycles. The molecule has 0 aromatic heterocycles. The van der Waals surface area contributed by atoms with Crippen LogP contribution in [0.3, 0.4) is 0 Å². The van der Waals surface area contributed by atoms with Crippen molar-refractivity contribution in [3.63, 3.8) is 0 Å². The second kappa shape index (κ2) is 6.35. The first kappa shape index (κ1) is 14.4. The maximum absolute atomic E-state index is 13.8. The van der Waals surface area contributed by atoms with Crippen LogP contribution in [-0.4, -0.2) is 25.2 Å². The number of aryl methyl sites for hydroxylation is 1. The van der Waals surface area contributed by atoms with Gasteiger partial charge in [-0.15, -0.1) is 0 Å². The third kappa shape index (κ3) is 3.70. The Labute approximate surface area is 106 Å². The summed E-state index contributed by atoms with van der Waals surface area (Å²) < 4.78 is 19.0. The Kier molecular flexibility index (Phi) is 5.09. The minimum Gasteiger partial charge on any atom is -0.399 e. The van der Waals surface area contributed by atoms with Crippen molar-refractivity contribution in [3.05, 3.63) is 29.1 Å². The molecule has 0 bridgehead atoms. The predicted molar refractivity (Wildman–Crippen MR) is 69.0 cm³/mol. The third-order valence-corrected chi connectivity index (χ3v) is 2.47. The van der Waals surface area contributed by atoms with Crippen molar-refractivity contribution in [1.82, 2.24) is 5.32 Å². The van der Waals surface area contributed by atoms with Gasteiger partial charge in [0.1, 0.15) is 5.82 Å². The molecule has 1 aromatic rings. The summed E-state index contributed by atoms with van der Waals surface area (Å²) in [6.07, 6.45) is 0. The molecule has 1 amide bonds. The van der Waals surface area contributed by atoms with E-state index in [9.17, 15) is 9.18 Å². The van der Waals surface area contributed by atoms with E-state index in [1.54, 1.807) is 13.8 Å². The van der Waals surface area contributed by atoms with Gasteiger partial charge in [-0.1, -0.05) is 0 Å². The second-order valence-corrected chi connectivity index (χ2v) is 4.23. The van der Waals surface area contributed by atoms with Crippen LogP contribution >= 0.6 is 0 Å². The molecule has 1 unspecified atom stereocenters. The summed E-state index contributed by atoms with van der Waals surface area (Å²) in [6.45, 7) is 6.21. The van der Waals surface area contributed by atoms with Crippen molar-refractivity contribution < 1.29 is 13.9 Å². The molecule has 0 spiro atoms. The average molecular weight is 254 g/mol. The van der Waals surface area contributed by atoms with E-state index in [-0.39, 0.29) is 11.6 Å². The van der Waals surface area contributed by atoms with E-state index in [4.69, 9.17) is 10.5 Å². The molecule has 100 valence electrons. The largest absolute Gasteiger partial charge is 0.399 e. The summed E-state index contributed by atoms with van der Waals surface area (Å²) in [4.78, 5) is 11.9. The summed E-state index contributed by atoms with van der Waals surface area (Å²) >= 11 is 0. The first-order valence-electron chi connectivity index (χ1n) is 5.90. The van der Waals surface area contributed by atoms with E-state index in [1.165, 1.54) is 12.1 Å². The predicted octanol–water partition coefficient (Wildman–Crippen LogP) is 1.87. The quantitative estimate of drug-likeness (QED) is 0.788. The number of carbonyl (C=O) groups is 1. The highest BCUT2D eigenvalue weighted by atomic mass is 19.1. The maximum atomic E-state index is 13.8. The lowest BCUT2D eigenvalue weighted by Gasteiger charge is -2.14. The van der Waals surface area contributed by atoms with Crippen LogP contribution in [0.1, 0.15) is 29.8 Å². The summed E-state index contributed by atoms with van der Waals surface area (Å²) in [5.74, 6) is -1.01. The fourth-order valence-corrected chi connectivity index (χ4v) is 1.60. The zero-order chi connectivity index (χ0) is 13.7. The minimum atomic E-state index is -0.537.